The van der Waals surface area contributed by atoms with Gasteiger partial charge in [0, 0.05) is 17.2 Å². The van der Waals surface area contributed by atoms with Crippen molar-refractivity contribution >= 4 is 5.69 Å². The molecule has 2 rings (SSSR count). The van der Waals surface area contributed by atoms with Gasteiger partial charge in [0.25, 0.3) is 0 Å². The number of nitrogens with two attached hydrogens (primary N) is 1. The van der Waals surface area contributed by atoms with E-state index in [1.807, 2.05) is 24.3 Å². The van der Waals surface area contributed by atoms with E-state index in [0.29, 0.717) is 5.92 Å². The first-order valence-electron chi connectivity index (χ1n) is 5.72. The molecule has 0 aliphatic heterocycles. The van der Waals surface area contributed by atoms with Crippen molar-refractivity contribution in [3.8, 4) is 11.8 Å². The van der Waals surface area contributed by atoms with Crippen LogP contribution in [0.1, 0.15) is 37.7 Å². The first kappa shape index (κ1) is 10.1. The molecular weight excluding hydrogens is 182 g/mol. The lowest BCUT2D eigenvalue weighted by molar-refractivity contribution is 0.430. The zero-order valence-corrected chi connectivity index (χ0v) is 9.00. The van der Waals surface area contributed by atoms with Crippen LogP contribution in [0.4, 0.5) is 5.69 Å². The molecule has 0 spiro atoms. The van der Waals surface area contributed by atoms with Gasteiger partial charge in [0.05, 0.1) is 0 Å². The van der Waals surface area contributed by atoms with Crippen LogP contribution in [-0.2, 0) is 0 Å². The quantitative estimate of drug-likeness (QED) is 0.504. The van der Waals surface area contributed by atoms with Crippen molar-refractivity contribution in [2.45, 2.75) is 32.1 Å². The van der Waals surface area contributed by atoms with Gasteiger partial charge in [-0.15, -0.1) is 0 Å². The van der Waals surface area contributed by atoms with Crippen LogP contribution in [-0.4, -0.2) is 0 Å². The molecule has 78 valence electrons. The van der Waals surface area contributed by atoms with E-state index in [9.17, 15) is 0 Å². The molecule has 1 aromatic rings. The number of hydrogen-bond donors (Lipinski definition) is 1. The highest BCUT2D eigenvalue weighted by Crippen LogP contribution is 2.22. The van der Waals surface area contributed by atoms with Crippen LogP contribution in [0.3, 0.4) is 0 Å². The summed E-state index contributed by atoms with van der Waals surface area (Å²) >= 11 is 0. The second kappa shape index (κ2) is 4.89. The third-order valence-electron chi connectivity index (χ3n) is 2.91. The van der Waals surface area contributed by atoms with Crippen molar-refractivity contribution in [1.82, 2.24) is 0 Å². The summed E-state index contributed by atoms with van der Waals surface area (Å²) in [7, 11) is 0. The van der Waals surface area contributed by atoms with Crippen LogP contribution in [0.25, 0.3) is 0 Å². The molecule has 0 heterocycles. The maximum Gasteiger partial charge on any atom is 0.0326 e. The number of rotatable bonds is 0. The Balaban J connectivity index is 2.03. The normalized spacial score (nSPS) is 16.8. The lowest BCUT2D eigenvalue weighted by atomic mass is 9.90. The molecular formula is C14H17N. The highest BCUT2D eigenvalue weighted by molar-refractivity contribution is 5.47. The minimum atomic E-state index is 0.611. The third kappa shape index (κ3) is 3.02. The van der Waals surface area contributed by atoms with E-state index in [4.69, 9.17) is 5.73 Å². The Labute approximate surface area is 91.7 Å². The minimum Gasteiger partial charge on any atom is -0.399 e. The molecule has 0 unspecified atom stereocenters. The molecule has 1 saturated carbocycles. The van der Waals surface area contributed by atoms with Crippen molar-refractivity contribution in [2.24, 2.45) is 5.92 Å². The molecule has 15 heavy (non-hydrogen) atoms. The smallest absolute Gasteiger partial charge is 0.0326 e. The molecule has 0 atom stereocenters. The standard InChI is InChI=1S/C14H17N/c15-14-8-4-7-13(11-14)10-9-12-5-2-1-3-6-12/h4,7-8,11-12H,1-3,5-6,15H2. The van der Waals surface area contributed by atoms with Gasteiger partial charge in [-0.25, -0.2) is 0 Å². The SMILES string of the molecule is Nc1cccc(C#CC2CCCCC2)c1. The predicted molar refractivity (Wildman–Crippen MR) is 64.3 cm³/mol. The summed E-state index contributed by atoms with van der Waals surface area (Å²) in [6.45, 7) is 0. The molecule has 1 nitrogen and oxygen atoms in total. The molecule has 0 amide bonds. The highest BCUT2D eigenvalue weighted by atomic mass is 14.5. The fourth-order valence-corrected chi connectivity index (χ4v) is 2.05. The van der Waals surface area contributed by atoms with Gasteiger partial charge in [-0.05, 0) is 31.0 Å². The minimum absolute atomic E-state index is 0.611. The molecule has 1 aromatic carbocycles. The van der Waals surface area contributed by atoms with E-state index in [2.05, 4.69) is 11.8 Å². The van der Waals surface area contributed by atoms with E-state index < -0.39 is 0 Å². The van der Waals surface area contributed by atoms with Crippen LogP contribution in [0.2, 0.25) is 0 Å². The second-order valence-corrected chi connectivity index (χ2v) is 4.23. The zero-order chi connectivity index (χ0) is 10.5. The molecule has 0 saturated heterocycles. The van der Waals surface area contributed by atoms with Crippen LogP contribution in [0.15, 0.2) is 24.3 Å². The lowest BCUT2D eigenvalue weighted by Gasteiger charge is -2.15. The van der Waals surface area contributed by atoms with E-state index in [1.165, 1.54) is 32.1 Å². The van der Waals surface area contributed by atoms with E-state index >= 15 is 0 Å². The van der Waals surface area contributed by atoms with Crippen molar-refractivity contribution in [3.05, 3.63) is 29.8 Å². The lowest BCUT2D eigenvalue weighted by Crippen LogP contribution is -2.03. The fraction of sp³-hybridized carbons (Fsp3) is 0.429. The number of nitrogen functional groups attached to an aromatic ring is 1. The van der Waals surface area contributed by atoms with E-state index in [1.54, 1.807) is 0 Å². The number of anilines is 1. The van der Waals surface area contributed by atoms with Gasteiger partial charge in [0.1, 0.15) is 0 Å². The van der Waals surface area contributed by atoms with Gasteiger partial charge in [0.15, 0.2) is 0 Å². The molecule has 1 fully saturated rings. The average molecular weight is 199 g/mol. The Morgan fingerprint density at radius 1 is 1.13 bits per heavy atom. The Bertz CT molecular complexity index is 378. The average Bonchev–Trinajstić information content (AvgIpc) is 2.28. The number of hydrogen-bond acceptors (Lipinski definition) is 1. The Kier molecular flexibility index (Phi) is 3.29. The third-order valence-corrected chi connectivity index (χ3v) is 2.91. The number of benzene rings is 1. The summed E-state index contributed by atoms with van der Waals surface area (Å²) in [5.74, 6) is 7.20. The van der Waals surface area contributed by atoms with Crippen LogP contribution in [0.5, 0.6) is 0 Å². The van der Waals surface area contributed by atoms with E-state index in [-0.39, 0.29) is 0 Å². The molecule has 0 radical (unpaired) electrons. The van der Waals surface area contributed by atoms with Crippen LogP contribution in [0, 0.1) is 17.8 Å². The topological polar surface area (TPSA) is 26.0 Å². The Morgan fingerprint density at radius 3 is 2.67 bits per heavy atom. The van der Waals surface area contributed by atoms with Gasteiger partial charge in [-0.1, -0.05) is 37.2 Å². The monoisotopic (exact) mass is 199 g/mol. The second-order valence-electron chi connectivity index (χ2n) is 4.23. The summed E-state index contributed by atoms with van der Waals surface area (Å²) in [6.07, 6.45) is 6.62. The first-order chi connectivity index (χ1) is 7.34. The van der Waals surface area contributed by atoms with Crippen molar-refractivity contribution in [3.63, 3.8) is 0 Å². The predicted octanol–water partition coefficient (Wildman–Crippen LogP) is 3.20. The summed E-state index contributed by atoms with van der Waals surface area (Å²) < 4.78 is 0. The summed E-state index contributed by atoms with van der Waals surface area (Å²) in [4.78, 5) is 0. The van der Waals surface area contributed by atoms with Gasteiger partial charge in [-0.2, -0.15) is 0 Å². The van der Waals surface area contributed by atoms with Gasteiger partial charge in [-0.3, -0.25) is 0 Å². The maximum absolute atomic E-state index is 5.70. The summed E-state index contributed by atoms with van der Waals surface area (Å²) in [5.41, 5.74) is 7.54. The molecule has 1 aliphatic rings. The Hall–Kier alpha value is -1.42. The van der Waals surface area contributed by atoms with Crippen molar-refractivity contribution in [2.75, 3.05) is 5.73 Å². The van der Waals surface area contributed by atoms with Crippen molar-refractivity contribution in [1.29, 1.82) is 0 Å². The van der Waals surface area contributed by atoms with E-state index in [0.717, 1.165) is 11.3 Å². The molecule has 2 N–H and O–H groups in total. The van der Waals surface area contributed by atoms with Crippen molar-refractivity contribution < 1.29 is 0 Å². The van der Waals surface area contributed by atoms with Gasteiger partial charge in [0.2, 0.25) is 0 Å². The summed E-state index contributed by atoms with van der Waals surface area (Å²) in [5, 5.41) is 0. The first-order valence-corrected chi connectivity index (χ1v) is 5.72. The van der Waals surface area contributed by atoms with Crippen LogP contribution < -0.4 is 5.73 Å². The molecule has 1 heteroatoms. The zero-order valence-electron chi connectivity index (χ0n) is 9.00. The fourth-order valence-electron chi connectivity index (χ4n) is 2.05. The van der Waals surface area contributed by atoms with Crippen LogP contribution >= 0.6 is 0 Å². The molecule has 1 aliphatic carbocycles. The Morgan fingerprint density at radius 2 is 1.93 bits per heavy atom. The molecule has 0 bridgehead atoms. The highest BCUT2D eigenvalue weighted by Gasteiger charge is 2.09. The van der Waals surface area contributed by atoms with Gasteiger partial charge < -0.3 is 5.73 Å². The van der Waals surface area contributed by atoms with Gasteiger partial charge >= 0.3 is 0 Å². The summed E-state index contributed by atoms with van der Waals surface area (Å²) in [6, 6.07) is 7.81. The maximum atomic E-state index is 5.70. The molecule has 0 aromatic heterocycles. The largest absolute Gasteiger partial charge is 0.399 e.